The number of hydrogen-bond acceptors (Lipinski definition) is 3. The van der Waals surface area contributed by atoms with Gasteiger partial charge in [-0.15, -0.1) is 0 Å². The Labute approximate surface area is 128 Å². The van der Waals surface area contributed by atoms with E-state index in [0.717, 1.165) is 31.6 Å². The fourth-order valence-electron chi connectivity index (χ4n) is 2.55. The first-order chi connectivity index (χ1) is 10.3. The van der Waals surface area contributed by atoms with Gasteiger partial charge in [0, 0.05) is 0 Å². The standard InChI is InChI=1S/C18H28O3/c1-3-5-6-12-19-16-10-8-15(9-11-16)18-14-20-17(7-4-2)13-21-18/h8-11,17-18H,3-7,12-14H2,1-2H3/t17-,18-/m0/s1. The fourth-order valence-corrected chi connectivity index (χ4v) is 2.55. The third-order valence-corrected chi connectivity index (χ3v) is 3.85. The summed E-state index contributed by atoms with van der Waals surface area (Å²) < 4.78 is 17.5. The second-order valence-electron chi connectivity index (χ2n) is 5.69. The molecule has 0 radical (unpaired) electrons. The molecule has 0 amide bonds. The first-order valence-corrected chi connectivity index (χ1v) is 8.29. The molecule has 0 unspecified atom stereocenters. The predicted molar refractivity (Wildman–Crippen MR) is 84.8 cm³/mol. The summed E-state index contributed by atoms with van der Waals surface area (Å²) in [7, 11) is 0. The molecule has 1 saturated heterocycles. The smallest absolute Gasteiger partial charge is 0.119 e. The van der Waals surface area contributed by atoms with Gasteiger partial charge in [0.15, 0.2) is 0 Å². The molecule has 1 heterocycles. The van der Waals surface area contributed by atoms with Gasteiger partial charge in [-0.2, -0.15) is 0 Å². The topological polar surface area (TPSA) is 27.7 Å². The first-order valence-electron chi connectivity index (χ1n) is 8.29. The Morgan fingerprint density at radius 2 is 1.81 bits per heavy atom. The Balaban J connectivity index is 1.77. The van der Waals surface area contributed by atoms with Crippen molar-refractivity contribution < 1.29 is 14.2 Å². The van der Waals surface area contributed by atoms with Crippen LogP contribution < -0.4 is 4.74 Å². The van der Waals surface area contributed by atoms with Crippen LogP contribution in [-0.2, 0) is 9.47 Å². The van der Waals surface area contributed by atoms with Crippen LogP contribution >= 0.6 is 0 Å². The summed E-state index contributed by atoms with van der Waals surface area (Å²) in [6, 6.07) is 8.23. The van der Waals surface area contributed by atoms with E-state index in [-0.39, 0.29) is 12.2 Å². The maximum atomic E-state index is 5.92. The minimum Gasteiger partial charge on any atom is -0.494 e. The fraction of sp³-hybridized carbons (Fsp3) is 0.667. The Morgan fingerprint density at radius 3 is 2.43 bits per heavy atom. The van der Waals surface area contributed by atoms with Crippen molar-refractivity contribution in [2.45, 2.75) is 58.2 Å². The molecule has 0 saturated carbocycles. The summed E-state index contributed by atoms with van der Waals surface area (Å²) in [6.45, 7) is 6.53. The van der Waals surface area contributed by atoms with E-state index in [4.69, 9.17) is 14.2 Å². The highest BCUT2D eigenvalue weighted by Crippen LogP contribution is 2.26. The largest absolute Gasteiger partial charge is 0.494 e. The minimum absolute atomic E-state index is 0.0623. The third-order valence-electron chi connectivity index (χ3n) is 3.85. The average Bonchev–Trinajstić information content (AvgIpc) is 2.53. The highest BCUT2D eigenvalue weighted by molar-refractivity contribution is 5.28. The number of rotatable bonds is 8. The van der Waals surface area contributed by atoms with E-state index in [0.29, 0.717) is 13.2 Å². The molecule has 3 heteroatoms. The Hall–Kier alpha value is -1.06. The van der Waals surface area contributed by atoms with Crippen LogP contribution in [0.2, 0.25) is 0 Å². The summed E-state index contributed by atoms with van der Waals surface area (Å²) >= 11 is 0. The quantitative estimate of drug-likeness (QED) is 0.660. The number of hydrogen-bond donors (Lipinski definition) is 0. The van der Waals surface area contributed by atoms with Crippen LogP contribution in [0.25, 0.3) is 0 Å². The molecule has 0 N–H and O–H groups in total. The molecule has 1 aliphatic rings. The van der Waals surface area contributed by atoms with Crippen molar-refractivity contribution in [1.29, 1.82) is 0 Å². The highest BCUT2D eigenvalue weighted by Gasteiger charge is 2.22. The van der Waals surface area contributed by atoms with Crippen molar-refractivity contribution in [1.82, 2.24) is 0 Å². The maximum Gasteiger partial charge on any atom is 0.119 e. The van der Waals surface area contributed by atoms with Gasteiger partial charge in [-0.05, 0) is 30.5 Å². The van der Waals surface area contributed by atoms with Gasteiger partial charge >= 0.3 is 0 Å². The number of ether oxygens (including phenoxy) is 3. The highest BCUT2D eigenvalue weighted by atomic mass is 16.6. The number of benzene rings is 1. The van der Waals surface area contributed by atoms with E-state index in [1.54, 1.807) is 0 Å². The van der Waals surface area contributed by atoms with Crippen LogP contribution in [-0.4, -0.2) is 25.9 Å². The second kappa shape index (κ2) is 9.06. The molecule has 0 spiro atoms. The van der Waals surface area contributed by atoms with E-state index in [9.17, 15) is 0 Å². The van der Waals surface area contributed by atoms with Gasteiger partial charge in [-0.3, -0.25) is 0 Å². The molecule has 2 rings (SSSR count). The molecule has 0 aliphatic carbocycles. The normalized spacial score (nSPS) is 22.2. The van der Waals surface area contributed by atoms with Crippen molar-refractivity contribution in [3.63, 3.8) is 0 Å². The van der Waals surface area contributed by atoms with E-state index in [1.165, 1.54) is 18.4 Å². The van der Waals surface area contributed by atoms with Crippen molar-refractivity contribution in [3.05, 3.63) is 29.8 Å². The molecule has 118 valence electrons. The average molecular weight is 292 g/mol. The zero-order chi connectivity index (χ0) is 14.9. The van der Waals surface area contributed by atoms with Crippen molar-refractivity contribution >= 4 is 0 Å². The summed E-state index contributed by atoms with van der Waals surface area (Å²) in [5, 5.41) is 0. The van der Waals surface area contributed by atoms with E-state index >= 15 is 0 Å². The molecule has 0 aromatic heterocycles. The van der Waals surface area contributed by atoms with Crippen LogP contribution in [0.1, 0.15) is 57.6 Å². The van der Waals surface area contributed by atoms with Gasteiger partial charge in [0.05, 0.1) is 25.9 Å². The van der Waals surface area contributed by atoms with Gasteiger partial charge in [0.25, 0.3) is 0 Å². The van der Waals surface area contributed by atoms with Crippen LogP contribution in [0.5, 0.6) is 5.75 Å². The zero-order valence-corrected chi connectivity index (χ0v) is 13.3. The van der Waals surface area contributed by atoms with Crippen molar-refractivity contribution in [2.75, 3.05) is 19.8 Å². The predicted octanol–water partition coefficient (Wildman–Crippen LogP) is 4.51. The molecule has 2 atom stereocenters. The van der Waals surface area contributed by atoms with Crippen LogP contribution in [0, 0.1) is 0 Å². The van der Waals surface area contributed by atoms with Crippen LogP contribution in [0.4, 0.5) is 0 Å². The minimum atomic E-state index is 0.0623. The summed E-state index contributed by atoms with van der Waals surface area (Å²) in [5.41, 5.74) is 1.17. The molecular formula is C18H28O3. The van der Waals surface area contributed by atoms with Gasteiger partial charge in [-0.1, -0.05) is 45.2 Å². The van der Waals surface area contributed by atoms with Gasteiger partial charge in [0.1, 0.15) is 11.9 Å². The van der Waals surface area contributed by atoms with Crippen molar-refractivity contribution in [3.8, 4) is 5.75 Å². The maximum absolute atomic E-state index is 5.92. The molecule has 0 bridgehead atoms. The van der Waals surface area contributed by atoms with Gasteiger partial charge in [0.2, 0.25) is 0 Å². The number of unbranched alkanes of at least 4 members (excludes halogenated alkanes) is 2. The molecule has 1 aromatic carbocycles. The second-order valence-corrected chi connectivity index (χ2v) is 5.69. The van der Waals surface area contributed by atoms with Crippen LogP contribution in [0.3, 0.4) is 0 Å². The first kappa shape index (κ1) is 16.3. The van der Waals surface area contributed by atoms with Crippen LogP contribution in [0.15, 0.2) is 24.3 Å². The van der Waals surface area contributed by atoms with E-state index < -0.39 is 0 Å². The summed E-state index contributed by atoms with van der Waals surface area (Å²) in [6.07, 6.45) is 6.13. The van der Waals surface area contributed by atoms with Gasteiger partial charge < -0.3 is 14.2 Å². The molecule has 1 aliphatic heterocycles. The zero-order valence-electron chi connectivity index (χ0n) is 13.3. The lowest BCUT2D eigenvalue weighted by molar-refractivity contribution is -0.137. The monoisotopic (exact) mass is 292 g/mol. The van der Waals surface area contributed by atoms with Crippen molar-refractivity contribution in [2.24, 2.45) is 0 Å². The molecule has 1 aromatic rings. The molecular weight excluding hydrogens is 264 g/mol. The lowest BCUT2D eigenvalue weighted by atomic mass is 10.1. The molecule has 3 nitrogen and oxygen atoms in total. The lowest BCUT2D eigenvalue weighted by Gasteiger charge is -2.29. The third kappa shape index (κ3) is 5.33. The SMILES string of the molecule is CCCCCOc1ccc([C@@H]2CO[C@@H](CCC)CO2)cc1. The lowest BCUT2D eigenvalue weighted by Crippen LogP contribution is -2.30. The Morgan fingerprint density at radius 1 is 1.00 bits per heavy atom. The summed E-state index contributed by atoms with van der Waals surface area (Å²) in [4.78, 5) is 0. The molecule has 21 heavy (non-hydrogen) atoms. The Kier molecular flexibility index (Phi) is 7.04. The molecule has 1 fully saturated rings. The summed E-state index contributed by atoms with van der Waals surface area (Å²) in [5.74, 6) is 0.940. The van der Waals surface area contributed by atoms with E-state index in [2.05, 4.69) is 26.0 Å². The van der Waals surface area contributed by atoms with E-state index in [1.807, 2.05) is 12.1 Å². The van der Waals surface area contributed by atoms with Gasteiger partial charge in [-0.25, -0.2) is 0 Å². The Bertz CT molecular complexity index is 380.